The Morgan fingerprint density at radius 1 is 1.07 bits per heavy atom. The highest BCUT2D eigenvalue weighted by atomic mass is 32.2. The van der Waals surface area contributed by atoms with E-state index in [2.05, 4.69) is 20.8 Å². The Hall–Kier alpha value is -2.91. The first-order valence-corrected chi connectivity index (χ1v) is 9.87. The number of carbonyl (C=O) groups excluding carboxylic acids is 2. The minimum Gasteiger partial charge on any atom is -0.308 e. The van der Waals surface area contributed by atoms with Crippen molar-refractivity contribution in [2.45, 2.75) is 17.3 Å². The van der Waals surface area contributed by atoms with E-state index in [0.717, 1.165) is 15.2 Å². The maximum absolute atomic E-state index is 12.4. The molecule has 1 atom stereocenters. The molecule has 0 bridgehead atoms. The second kappa shape index (κ2) is 7.37. The lowest BCUT2D eigenvalue weighted by molar-refractivity contribution is -0.119. The molecule has 0 radical (unpaired) electrons. The fourth-order valence-corrected chi connectivity index (χ4v) is 4.42. The quantitative estimate of drug-likeness (QED) is 0.512. The average molecular weight is 397 g/mol. The van der Waals surface area contributed by atoms with Gasteiger partial charge in [-0.05, 0) is 31.2 Å². The number of anilines is 1. The number of hydrogen-bond acceptors (Lipinski definition) is 6. The van der Waals surface area contributed by atoms with Gasteiger partial charge in [-0.15, -0.1) is 10.2 Å². The number of nitrogens with one attached hydrogen (secondary N) is 2. The zero-order valence-corrected chi connectivity index (χ0v) is 15.9. The second-order valence-electron chi connectivity index (χ2n) is 5.74. The van der Waals surface area contributed by atoms with Crippen LogP contribution in [0.2, 0.25) is 0 Å². The van der Waals surface area contributed by atoms with Gasteiger partial charge in [-0.2, -0.15) is 0 Å². The third kappa shape index (κ3) is 3.64. The number of nitrogens with zero attached hydrogens (tertiary/aromatic N) is 3. The van der Waals surface area contributed by atoms with Crippen LogP contribution in [0.25, 0.3) is 15.2 Å². The molecule has 0 fully saturated rings. The topological polar surface area (TPSA) is 88.4 Å². The van der Waals surface area contributed by atoms with Gasteiger partial charge in [0, 0.05) is 5.69 Å². The van der Waals surface area contributed by atoms with Gasteiger partial charge in [0.1, 0.15) is 0 Å². The summed E-state index contributed by atoms with van der Waals surface area (Å²) in [7, 11) is 0. The molecule has 2 aromatic carbocycles. The van der Waals surface area contributed by atoms with Crippen LogP contribution in [0.3, 0.4) is 0 Å². The number of aromatic nitrogens is 3. The SMILES string of the molecule is C[C@H](Sc1nnc2sc3ccccc3n12)C(=O)NC(=O)Nc1ccccc1. The molecule has 0 aliphatic carbocycles. The first-order chi connectivity index (χ1) is 13.1. The molecular formula is C18H15N5O2S2. The van der Waals surface area contributed by atoms with Gasteiger partial charge in [-0.25, -0.2) is 4.79 Å². The highest BCUT2D eigenvalue weighted by Crippen LogP contribution is 2.31. The summed E-state index contributed by atoms with van der Waals surface area (Å²) in [6.07, 6.45) is 0. The van der Waals surface area contributed by atoms with Crippen molar-refractivity contribution in [3.8, 4) is 0 Å². The number of amides is 3. The number of para-hydroxylation sites is 2. The molecule has 0 saturated carbocycles. The average Bonchev–Trinajstić information content (AvgIpc) is 3.22. The minimum absolute atomic E-state index is 0.398. The molecule has 4 aromatic rings. The molecule has 27 heavy (non-hydrogen) atoms. The highest BCUT2D eigenvalue weighted by molar-refractivity contribution is 8.00. The van der Waals surface area contributed by atoms with E-state index in [4.69, 9.17) is 0 Å². The molecule has 0 spiro atoms. The van der Waals surface area contributed by atoms with Crippen molar-refractivity contribution in [2.24, 2.45) is 0 Å². The van der Waals surface area contributed by atoms with Gasteiger partial charge in [0.2, 0.25) is 10.9 Å². The fraction of sp³-hybridized carbons (Fsp3) is 0.111. The van der Waals surface area contributed by atoms with Crippen LogP contribution in [0.5, 0.6) is 0 Å². The Labute approximate surface area is 162 Å². The van der Waals surface area contributed by atoms with Gasteiger partial charge in [0.15, 0.2) is 5.16 Å². The standard InChI is InChI=1S/C18H15N5O2S2/c1-11(15(24)20-16(25)19-12-7-3-2-4-8-12)26-17-21-22-18-23(17)13-9-5-6-10-14(13)27-18/h2-11H,1H3,(H2,19,20,24,25)/t11-/m0/s1. The van der Waals surface area contributed by atoms with Gasteiger partial charge < -0.3 is 5.32 Å². The molecule has 3 amide bonds. The van der Waals surface area contributed by atoms with Crippen LogP contribution in [-0.4, -0.2) is 31.8 Å². The molecule has 9 heteroatoms. The third-order valence-corrected chi connectivity index (χ3v) is 5.89. The molecule has 2 N–H and O–H groups in total. The number of hydrogen-bond donors (Lipinski definition) is 2. The monoisotopic (exact) mass is 397 g/mol. The maximum atomic E-state index is 12.4. The summed E-state index contributed by atoms with van der Waals surface area (Å²) >= 11 is 2.80. The molecule has 0 aliphatic heterocycles. The second-order valence-corrected chi connectivity index (χ2v) is 8.06. The number of thioether (sulfide) groups is 1. The Morgan fingerprint density at radius 2 is 1.81 bits per heavy atom. The number of carbonyl (C=O) groups is 2. The van der Waals surface area contributed by atoms with Gasteiger partial charge in [0.05, 0.1) is 15.5 Å². The van der Waals surface area contributed by atoms with Gasteiger partial charge in [-0.1, -0.05) is 53.4 Å². The minimum atomic E-state index is -0.564. The summed E-state index contributed by atoms with van der Waals surface area (Å²) in [5.41, 5.74) is 1.62. The third-order valence-electron chi connectivity index (χ3n) is 3.83. The number of benzene rings is 2. The van der Waals surface area contributed by atoms with Crippen molar-refractivity contribution in [1.82, 2.24) is 19.9 Å². The predicted octanol–water partition coefficient (Wildman–Crippen LogP) is 3.77. The van der Waals surface area contributed by atoms with Crippen molar-refractivity contribution in [2.75, 3.05) is 5.32 Å². The first kappa shape index (κ1) is 17.5. The largest absolute Gasteiger partial charge is 0.325 e. The van der Waals surface area contributed by atoms with E-state index >= 15 is 0 Å². The van der Waals surface area contributed by atoms with Crippen LogP contribution in [0.1, 0.15) is 6.92 Å². The zero-order chi connectivity index (χ0) is 18.8. The number of imide groups is 1. The van der Waals surface area contributed by atoms with Crippen LogP contribution < -0.4 is 10.6 Å². The van der Waals surface area contributed by atoms with E-state index in [1.165, 1.54) is 11.8 Å². The first-order valence-electron chi connectivity index (χ1n) is 8.18. The molecule has 4 rings (SSSR count). The zero-order valence-electron chi connectivity index (χ0n) is 14.2. The molecular weight excluding hydrogens is 382 g/mol. The van der Waals surface area contributed by atoms with Crippen LogP contribution in [-0.2, 0) is 4.79 Å². The molecule has 0 unspecified atom stereocenters. The maximum Gasteiger partial charge on any atom is 0.325 e. The smallest absolute Gasteiger partial charge is 0.308 e. The fourth-order valence-electron chi connectivity index (χ4n) is 2.54. The summed E-state index contributed by atoms with van der Waals surface area (Å²) < 4.78 is 3.03. The molecule has 0 saturated heterocycles. The molecule has 2 aromatic heterocycles. The summed E-state index contributed by atoms with van der Waals surface area (Å²) in [5.74, 6) is -0.398. The van der Waals surface area contributed by atoms with Crippen LogP contribution in [0, 0.1) is 0 Å². The highest BCUT2D eigenvalue weighted by Gasteiger charge is 2.21. The van der Waals surface area contributed by atoms with Crippen molar-refractivity contribution in [3.05, 3.63) is 54.6 Å². The number of fused-ring (bicyclic) bond motifs is 3. The number of thiazole rings is 1. The molecule has 136 valence electrons. The Balaban J connectivity index is 1.45. The Morgan fingerprint density at radius 3 is 2.63 bits per heavy atom. The molecule has 0 aliphatic rings. The van der Waals surface area contributed by atoms with Crippen molar-refractivity contribution in [1.29, 1.82) is 0 Å². The summed E-state index contributed by atoms with van der Waals surface area (Å²) in [4.78, 5) is 25.1. The Kier molecular flexibility index (Phi) is 4.78. The Bertz CT molecular complexity index is 1120. The summed E-state index contributed by atoms with van der Waals surface area (Å²) in [5, 5.41) is 13.4. The van der Waals surface area contributed by atoms with Crippen LogP contribution in [0.4, 0.5) is 10.5 Å². The van der Waals surface area contributed by atoms with Crippen LogP contribution in [0.15, 0.2) is 59.8 Å². The molecule has 2 heterocycles. The lowest BCUT2D eigenvalue weighted by Gasteiger charge is -2.11. The van der Waals surface area contributed by atoms with E-state index in [1.54, 1.807) is 42.5 Å². The summed E-state index contributed by atoms with van der Waals surface area (Å²) in [6, 6.07) is 16.3. The number of rotatable bonds is 4. The van der Waals surface area contributed by atoms with E-state index < -0.39 is 17.2 Å². The summed E-state index contributed by atoms with van der Waals surface area (Å²) in [6.45, 7) is 1.73. The van der Waals surface area contributed by atoms with Gasteiger partial charge in [0.25, 0.3) is 0 Å². The van der Waals surface area contributed by atoms with Gasteiger partial charge >= 0.3 is 6.03 Å². The van der Waals surface area contributed by atoms with E-state index in [9.17, 15) is 9.59 Å². The lowest BCUT2D eigenvalue weighted by Crippen LogP contribution is -2.38. The van der Waals surface area contributed by atoms with Crippen molar-refractivity contribution >= 4 is 55.9 Å². The van der Waals surface area contributed by atoms with E-state index in [1.807, 2.05) is 34.7 Å². The van der Waals surface area contributed by atoms with Crippen LogP contribution >= 0.6 is 23.1 Å². The van der Waals surface area contributed by atoms with E-state index in [0.29, 0.717) is 10.8 Å². The van der Waals surface area contributed by atoms with E-state index in [-0.39, 0.29) is 0 Å². The normalized spacial score (nSPS) is 12.2. The van der Waals surface area contributed by atoms with Crippen molar-refractivity contribution in [3.63, 3.8) is 0 Å². The predicted molar refractivity (Wildman–Crippen MR) is 107 cm³/mol. The lowest BCUT2D eigenvalue weighted by atomic mass is 10.3. The van der Waals surface area contributed by atoms with Gasteiger partial charge in [-0.3, -0.25) is 14.5 Å². The number of urea groups is 1. The van der Waals surface area contributed by atoms with Crippen molar-refractivity contribution < 1.29 is 9.59 Å². The molecule has 7 nitrogen and oxygen atoms in total.